The summed E-state index contributed by atoms with van der Waals surface area (Å²) in [7, 11) is -2.05. The van der Waals surface area contributed by atoms with E-state index in [9.17, 15) is 5.11 Å². The zero-order valence-corrected chi connectivity index (χ0v) is 22.7. The number of nitrogens with zero attached hydrogens (tertiary/aromatic N) is 2. The SMILES string of the molecule is CC[C@H]1CN2CCC1C[C@H]2[C@H](O)c1ccnc2ccc(O[Si](C(C)C)(C(C)C)C(C)C)cc12. The summed E-state index contributed by atoms with van der Waals surface area (Å²) >= 11 is 0. The first-order valence-corrected chi connectivity index (χ1v) is 15.3. The highest BCUT2D eigenvalue weighted by atomic mass is 28.4. The summed E-state index contributed by atoms with van der Waals surface area (Å²) in [5.41, 5.74) is 3.49. The van der Waals surface area contributed by atoms with E-state index in [2.05, 4.69) is 76.5 Å². The van der Waals surface area contributed by atoms with Gasteiger partial charge < -0.3 is 9.53 Å². The monoisotopic (exact) mass is 468 g/mol. The zero-order chi connectivity index (χ0) is 23.9. The maximum absolute atomic E-state index is 11.6. The van der Waals surface area contributed by atoms with Crippen LogP contribution in [0.5, 0.6) is 5.75 Å². The smallest absolute Gasteiger partial charge is 0.258 e. The van der Waals surface area contributed by atoms with Crippen LogP contribution in [0.4, 0.5) is 0 Å². The Labute approximate surface area is 201 Å². The van der Waals surface area contributed by atoms with Crippen molar-refractivity contribution >= 4 is 19.2 Å². The molecule has 0 radical (unpaired) electrons. The van der Waals surface area contributed by atoms with Crippen molar-refractivity contribution in [1.29, 1.82) is 0 Å². The van der Waals surface area contributed by atoms with Crippen molar-refractivity contribution in [3.63, 3.8) is 0 Å². The molecule has 0 amide bonds. The predicted molar refractivity (Wildman–Crippen MR) is 140 cm³/mol. The van der Waals surface area contributed by atoms with Crippen LogP contribution in [0, 0.1) is 11.8 Å². The fourth-order valence-corrected chi connectivity index (χ4v) is 12.4. The molecule has 1 N–H and O–H groups in total. The van der Waals surface area contributed by atoms with Gasteiger partial charge in [0.15, 0.2) is 0 Å². The Morgan fingerprint density at radius 2 is 1.79 bits per heavy atom. The third-order valence-corrected chi connectivity index (χ3v) is 14.9. The van der Waals surface area contributed by atoms with E-state index in [1.807, 2.05) is 12.3 Å². The van der Waals surface area contributed by atoms with Crippen LogP contribution in [0.1, 0.15) is 79.4 Å². The van der Waals surface area contributed by atoms with Gasteiger partial charge in [-0.2, -0.15) is 0 Å². The molecule has 2 unspecified atom stereocenters. The second kappa shape index (κ2) is 9.67. The Hall–Kier alpha value is -1.43. The van der Waals surface area contributed by atoms with Gasteiger partial charge in [0.25, 0.3) is 8.32 Å². The number of rotatable bonds is 8. The third kappa shape index (κ3) is 4.37. The van der Waals surface area contributed by atoms with Crippen LogP contribution in [0.25, 0.3) is 10.9 Å². The number of fused-ring (bicyclic) bond motifs is 4. The summed E-state index contributed by atoms with van der Waals surface area (Å²) in [6, 6.07) is 8.54. The van der Waals surface area contributed by atoms with Crippen LogP contribution < -0.4 is 4.43 Å². The first kappa shape index (κ1) is 24.7. The molecule has 182 valence electrons. The number of benzene rings is 1. The van der Waals surface area contributed by atoms with Crippen molar-refractivity contribution < 1.29 is 9.53 Å². The van der Waals surface area contributed by atoms with Gasteiger partial charge in [0.2, 0.25) is 0 Å². The molecule has 2 aromatic rings. The van der Waals surface area contributed by atoms with Gasteiger partial charge in [0, 0.05) is 24.2 Å². The van der Waals surface area contributed by atoms with E-state index in [0.29, 0.717) is 16.6 Å². The van der Waals surface area contributed by atoms with E-state index in [4.69, 9.17) is 4.43 Å². The van der Waals surface area contributed by atoms with Crippen molar-refractivity contribution in [2.75, 3.05) is 13.1 Å². The average molecular weight is 469 g/mol. The van der Waals surface area contributed by atoms with Crippen molar-refractivity contribution in [2.24, 2.45) is 11.8 Å². The third-order valence-electron chi connectivity index (χ3n) is 8.89. The molecule has 1 aromatic carbocycles. The molecule has 2 bridgehead atoms. The molecule has 3 fully saturated rings. The lowest BCUT2D eigenvalue weighted by Crippen LogP contribution is -2.55. The van der Waals surface area contributed by atoms with E-state index in [0.717, 1.165) is 53.6 Å². The molecule has 4 heterocycles. The maximum atomic E-state index is 11.6. The van der Waals surface area contributed by atoms with Crippen LogP contribution in [0.2, 0.25) is 16.6 Å². The molecule has 3 aliphatic heterocycles. The topological polar surface area (TPSA) is 45.6 Å². The Kier molecular flexibility index (Phi) is 7.23. The lowest BCUT2D eigenvalue weighted by atomic mass is 9.72. The Morgan fingerprint density at radius 3 is 2.36 bits per heavy atom. The summed E-state index contributed by atoms with van der Waals surface area (Å²) in [6.45, 7) is 18.5. The van der Waals surface area contributed by atoms with Crippen LogP contribution in [-0.4, -0.2) is 42.4 Å². The van der Waals surface area contributed by atoms with Crippen molar-refractivity contribution in [3.05, 3.63) is 36.0 Å². The largest absolute Gasteiger partial charge is 0.543 e. The van der Waals surface area contributed by atoms with Crippen molar-refractivity contribution in [1.82, 2.24) is 9.88 Å². The van der Waals surface area contributed by atoms with Gasteiger partial charge in [-0.15, -0.1) is 0 Å². The van der Waals surface area contributed by atoms with Gasteiger partial charge in [-0.3, -0.25) is 9.88 Å². The van der Waals surface area contributed by atoms with E-state index < -0.39 is 14.4 Å². The number of aromatic nitrogens is 1. The minimum atomic E-state index is -2.05. The first-order valence-electron chi connectivity index (χ1n) is 13.2. The normalized spacial score (nSPS) is 26.5. The second-order valence-corrected chi connectivity index (χ2v) is 16.8. The Bertz CT molecular complexity index is 938. The molecule has 33 heavy (non-hydrogen) atoms. The fourth-order valence-electron chi connectivity index (χ4n) is 7.20. The first-order chi connectivity index (χ1) is 15.7. The van der Waals surface area contributed by atoms with Gasteiger partial charge in [-0.05, 0) is 77.7 Å². The van der Waals surface area contributed by atoms with Crippen LogP contribution >= 0.6 is 0 Å². The molecule has 0 aliphatic carbocycles. The maximum Gasteiger partial charge on any atom is 0.258 e. The summed E-state index contributed by atoms with van der Waals surface area (Å²) in [6.07, 6.45) is 4.99. The molecule has 5 atom stereocenters. The summed E-state index contributed by atoms with van der Waals surface area (Å²) in [5, 5.41) is 12.6. The van der Waals surface area contributed by atoms with Gasteiger partial charge in [-0.25, -0.2) is 0 Å². The molecular weight excluding hydrogens is 424 g/mol. The predicted octanol–water partition coefficient (Wildman–Crippen LogP) is 6.94. The minimum Gasteiger partial charge on any atom is -0.543 e. The summed E-state index contributed by atoms with van der Waals surface area (Å²) < 4.78 is 6.97. The van der Waals surface area contributed by atoms with Crippen LogP contribution in [0.3, 0.4) is 0 Å². The average Bonchev–Trinajstić information content (AvgIpc) is 2.81. The Morgan fingerprint density at radius 1 is 1.09 bits per heavy atom. The van der Waals surface area contributed by atoms with Crippen molar-refractivity contribution in [2.45, 2.75) is 96.5 Å². The standard InChI is InChI=1S/C28H44N2O2Si/c1-8-21-17-30-14-12-22(21)15-27(30)28(31)24-11-13-29-26-10-9-23(16-25(24)26)32-33(18(2)3,19(4)5)20(6)7/h9-11,13,16,18-22,27-28,31H,8,12,14-15,17H2,1-7H3/t21-,22?,27-,28+/m0/s1. The van der Waals surface area contributed by atoms with Crippen molar-refractivity contribution in [3.8, 4) is 5.75 Å². The summed E-state index contributed by atoms with van der Waals surface area (Å²) in [4.78, 5) is 7.16. The lowest BCUT2D eigenvalue weighted by Gasteiger charge is -2.51. The van der Waals surface area contributed by atoms with Gasteiger partial charge in [-0.1, -0.05) is 54.9 Å². The van der Waals surface area contributed by atoms with Gasteiger partial charge >= 0.3 is 0 Å². The molecule has 5 heteroatoms. The van der Waals surface area contributed by atoms with Crippen LogP contribution in [-0.2, 0) is 0 Å². The number of aliphatic hydroxyl groups excluding tert-OH is 1. The van der Waals surface area contributed by atoms with Crippen LogP contribution in [0.15, 0.2) is 30.5 Å². The summed E-state index contributed by atoms with van der Waals surface area (Å²) in [5.74, 6) is 2.47. The minimum absolute atomic E-state index is 0.206. The van der Waals surface area contributed by atoms with E-state index in [1.165, 1.54) is 12.8 Å². The number of aliphatic hydroxyl groups is 1. The van der Waals surface area contributed by atoms with Gasteiger partial charge in [0.05, 0.1) is 11.6 Å². The molecule has 0 saturated carbocycles. The fraction of sp³-hybridized carbons (Fsp3) is 0.679. The number of hydrogen-bond acceptors (Lipinski definition) is 4. The van der Waals surface area contributed by atoms with E-state index in [1.54, 1.807) is 0 Å². The number of hydrogen-bond donors (Lipinski definition) is 1. The molecule has 3 saturated heterocycles. The number of pyridine rings is 1. The highest BCUT2D eigenvalue weighted by Gasteiger charge is 2.47. The molecule has 3 aliphatic rings. The molecule has 5 rings (SSSR count). The lowest BCUT2D eigenvalue weighted by molar-refractivity contribution is -0.0562. The second-order valence-electron chi connectivity index (χ2n) is 11.5. The number of piperidine rings is 3. The molecule has 0 spiro atoms. The van der Waals surface area contributed by atoms with E-state index >= 15 is 0 Å². The molecule has 1 aromatic heterocycles. The zero-order valence-electron chi connectivity index (χ0n) is 21.7. The Balaban J connectivity index is 1.68. The van der Waals surface area contributed by atoms with Gasteiger partial charge in [0.1, 0.15) is 5.75 Å². The highest BCUT2D eigenvalue weighted by molar-refractivity contribution is 6.78. The quantitative estimate of drug-likeness (QED) is 0.426. The molecule has 4 nitrogen and oxygen atoms in total. The molecular formula is C28H44N2O2Si. The highest BCUT2D eigenvalue weighted by Crippen LogP contribution is 2.45. The van der Waals surface area contributed by atoms with E-state index in [-0.39, 0.29) is 6.04 Å².